The zero-order valence-corrected chi connectivity index (χ0v) is 19.6. The van der Waals surface area contributed by atoms with Crippen LogP contribution >= 0.6 is 11.3 Å². The van der Waals surface area contributed by atoms with Crippen LogP contribution in [0.5, 0.6) is 0 Å². The largest absolute Gasteiger partial charge is 0.372 e. The maximum atomic E-state index is 13.3. The summed E-state index contributed by atoms with van der Waals surface area (Å²) < 4.78 is 5.81. The van der Waals surface area contributed by atoms with Crippen molar-refractivity contribution in [2.75, 3.05) is 18.4 Å². The van der Waals surface area contributed by atoms with Crippen LogP contribution < -0.4 is 5.32 Å². The molecule has 170 valence electrons. The zero-order chi connectivity index (χ0) is 22.5. The van der Waals surface area contributed by atoms with Crippen LogP contribution in [0.2, 0.25) is 0 Å². The summed E-state index contributed by atoms with van der Waals surface area (Å²) >= 11 is 1.69. The van der Waals surface area contributed by atoms with E-state index in [1.165, 1.54) is 10.4 Å². The molecule has 3 atom stereocenters. The first-order valence-electron chi connectivity index (χ1n) is 11.5. The van der Waals surface area contributed by atoms with Crippen molar-refractivity contribution >= 4 is 45.2 Å². The highest BCUT2D eigenvalue weighted by atomic mass is 32.1. The number of aliphatic imine (C=N–C) groups is 1. The quantitative estimate of drug-likeness (QED) is 0.640. The molecule has 1 amide bonds. The second-order valence-electron chi connectivity index (χ2n) is 9.20. The predicted molar refractivity (Wildman–Crippen MR) is 128 cm³/mol. The van der Waals surface area contributed by atoms with Crippen molar-refractivity contribution in [2.45, 2.75) is 51.9 Å². The topological polar surface area (TPSA) is 92.6 Å². The molecule has 3 aliphatic rings. The first-order valence-corrected chi connectivity index (χ1v) is 12.3. The van der Waals surface area contributed by atoms with Gasteiger partial charge in [-0.25, -0.2) is 9.97 Å². The van der Waals surface area contributed by atoms with E-state index in [4.69, 9.17) is 4.74 Å². The molecule has 0 bridgehead atoms. The van der Waals surface area contributed by atoms with Gasteiger partial charge in [-0.3, -0.25) is 14.8 Å². The second kappa shape index (κ2) is 8.14. The van der Waals surface area contributed by atoms with Crippen LogP contribution in [0.4, 0.5) is 11.5 Å². The molecule has 1 saturated heterocycles. The molecule has 1 N–H and O–H groups in total. The standard InChI is InChI=1S/C24H26N6O2S/c1-13-10-30(11-14(2)32-13)24(31)15-3-4-18-20(6-15)33-23-21(18)22(27-12-28-23)29-17-5-16-7-25-9-19(16)26-8-17/h5,7-8,12-15H,3-4,6,9-11H2,1-2H3,(H,27,28,29)/t13-,14+,15-/m0/s1. The molecular weight excluding hydrogens is 436 g/mol. The van der Waals surface area contributed by atoms with Crippen LogP contribution in [0.3, 0.4) is 0 Å². The predicted octanol–water partition coefficient (Wildman–Crippen LogP) is 3.50. The van der Waals surface area contributed by atoms with Gasteiger partial charge in [-0.2, -0.15) is 0 Å². The van der Waals surface area contributed by atoms with Gasteiger partial charge in [0.15, 0.2) is 0 Å². The maximum Gasteiger partial charge on any atom is 0.226 e. The second-order valence-corrected chi connectivity index (χ2v) is 10.3. The smallest absolute Gasteiger partial charge is 0.226 e. The number of fused-ring (bicyclic) bond motifs is 4. The molecule has 0 spiro atoms. The average Bonchev–Trinajstić information content (AvgIpc) is 3.41. The van der Waals surface area contributed by atoms with E-state index in [0.29, 0.717) is 19.6 Å². The normalized spacial score (nSPS) is 24.1. The van der Waals surface area contributed by atoms with Gasteiger partial charge < -0.3 is 15.0 Å². The van der Waals surface area contributed by atoms with E-state index in [-0.39, 0.29) is 24.0 Å². The van der Waals surface area contributed by atoms with Gasteiger partial charge in [0, 0.05) is 35.7 Å². The number of anilines is 2. The van der Waals surface area contributed by atoms with E-state index in [9.17, 15) is 4.79 Å². The third-order valence-corrected chi connectivity index (χ3v) is 7.83. The first-order chi connectivity index (χ1) is 16.0. The fourth-order valence-corrected chi connectivity index (χ4v) is 6.49. The molecule has 6 rings (SSSR count). The van der Waals surface area contributed by atoms with Gasteiger partial charge in [-0.1, -0.05) is 0 Å². The van der Waals surface area contributed by atoms with Gasteiger partial charge in [-0.05, 0) is 44.7 Å². The van der Waals surface area contributed by atoms with Crippen molar-refractivity contribution < 1.29 is 9.53 Å². The molecule has 8 nitrogen and oxygen atoms in total. The monoisotopic (exact) mass is 462 g/mol. The maximum absolute atomic E-state index is 13.3. The molecule has 2 aliphatic heterocycles. The van der Waals surface area contributed by atoms with Crippen molar-refractivity contribution in [1.29, 1.82) is 0 Å². The summed E-state index contributed by atoms with van der Waals surface area (Å²) in [6.45, 7) is 6.08. The Morgan fingerprint density at radius 3 is 2.91 bits per heavy atom. The summed E-state index contributed by atoms with van der Waals surface area (Å²) in [5, 5.41) is 4.53. The van der Waals surface area contributed by atoms with Gasteiger partial charge in [-0.15, -0.1) is 11.3 Å². The molecule has 3 aromatic rings. The number of ether oxygens (including phenoxy) is 1. The Morgan fingerprint density at radius 1 is 1.21 bits per heavy atom. The lowest BCUT2D eigenvalue weighted by atomic mass is 9.86. The minimum Gasteiger partial charge on any atom is -0.372 e. The van der Waals surface area contributed by atoms with Crippen LogP contribution in [-0.2, 0) is 28.9 Å². The third-order valence-electron chi connectivity index (χ3n) is 6.66. The van der Waals surface area contributed by atoms with Crippen LogP contribution in [0.25, 0.3) is 10.2 Å². The Hall–Kier alpha value is -2.91. The highest BCUT2D eigenvalue weighted by Crippen LogP contribution is 2.41. The molecule has 5 heterocycles. The molecule has 3 aromatic heterocycles. The van der Waals surface area contributed by atoms with Crippen molar-refractivity contribution in [3.8, 4) is 0 Å². The van der Waals surface area contributed by atoms with Gasteiger partial charge in [0.2, 0.25) is 5.91 Å². The Bertz CT molecular complexity index is 1260. The lowest BCUT2D eigenvalue weighted by molar-refractivity contribution is -0.147. The van der Waals surface area contributed by atoms with Crippen molar-refractivity contribution in [1.82, 2.24) is 19.9 Å². The van der Waals surface area contributed by atoms with E-state index < -0.39 is 0 Å². The lowest BCUT2D eigenvalue weighted by Gasteiger charge is -2.37. The SMILES string of the molecule is C[C@@H]1CN(C(=O)[C@H]2CCc3c(sc4ncnc(Nc5cnc6c(c5)C=NC6)c34)C2)C[C@H](C)O1. The summed E-state index contributed by atoms with van der Waals surface area (Å²) in [5.41, 5.74) is 4.22. The third kappa shape index (κ3) is 3.79. The van der Waals surface area contributed by atoms with E-state index in [1.807, 2.05) is 31.2 Å². The van der Waals surface area contributed by atoms with E-state index in [2.05, 4.69) is 31.3 Å². The minimum atomic E-state index is 0.0210. The Labute approximate surface area is 196 Å². The van der Waals surface area contributed by atoms with E-state index >= 15 is 0 Å². The number of hydrogen-bond donors (Lipinski definition) is 1. The fourth-order valence-electron chi connectivity index (χ4n) is 5.22. The number of aryl methyl sites for hydroxylation is 1. The summed E-state index contributed by atoms with van der Waals surface area (Å²) in [6, 6.07) is 2.06. The molecule has 33 heavy (non-hydrogen) atoms. The lowest BCUT2D eigenvalue weighted by Crippen LogP contribution is -2.50. The van der Waals surface area contributed by atoms with Crippen molar-refractivity contribution in [3.05, 3.63) is 40.3 Å². The number of rotatable bonds is 3. The summed E-state index contributed by atoms with van der Waals surface area (Å²) in [5.74, 6) is 1.08. The zero-order valence-electron chi connectivity index (χ0n) is 18.7. The molecule has 0 saturated carbocycles. The van der Waals surface area contributed by atoms with Crippen LogP contribution in [0.1, 0.15) is 42.0 Å². The number of nitrogens with zero attached hydrogens (tertiary/aromatic N) is 5. The fraction of sp³-hybridized carbons (Fsp3) is 0.458. The number of pyridine rings is 1. The van der Waals surface area contributed by atoms with Gasteiger partial charge in [0.25, 0.3) is 0 Å². The average molecular weight is 463 g/mol. The number of morpholine rings is 1. The van der Waals surface area contributed by atoms with Gasteiger partial charge >= 0.3 is 0 Å². The molecule has 1 fully saturated rings. The number of nitrogens with one attached hydrogen (secondary N) is 1. The molecule has 0 radical (unpaired) electrons. The van der Waals surface area contributed by atoms with Gasteiger partial charge in [0.05, 0.1) is 41.7 Å². The van der Waals surface area contributed by atoms with Crippen molar-refractivity contribution in [2.24, 2.45) is 10.9 Å². The molecule has 0 aromatic carbocycles. The molecule has 9 heteroatoms. The number of amides is 1. The first kappa shape index (κ1) is 20.7. The van der Waals surface area contributed by atoms with Crippen LogP contribution in [0, 0.1) is 5.92 Å². The Balaban J connectivity index is 1.26. The number of carbonyl (C=O) groups excluding carboxylic acids is 1. The van der Waals surface area contributed by atoms with Crippen LogP contribution in [0.15, 0.2) is 23.6 Å². The highest BCUT2D eigenvalue weighted by molar-refractivity contribution is 7.19. The van der Waals surface area contributed by atoms with Gasteiger partial charge in [0.1, 0.15) is 17.0 Å². The molecule has 0 unspecified atom stereocenters. The number of aromatic nitrogens is 3. The molecule has 1 aliphatic carbocycles. The Kier molecular flexibility index (Phi) is 5.10. The highest BCUT2D eigenvalue weighted by Gasteiger charge is 2.34. The number of hydrogen-bond acceptors (Lipinski definition) is 8. The van der Waals surface area contributed by atoms with E-state index in [1.54, 1.807) is 17.7 Å². The summed E-state index contributed by atoms with van der Waals surface area (Å²) in [4.78, 5) is 35.4. The minimum absolute atomic E-state index is 0.0210. The number of carbonyl (C=O) groups is 1. The summed E-state index contributed by atoms with van der Waals surface area (Å²) in [7, 11) is 0. The van der Waals surface area contributed by atoms with Crippen molar-refractivity contribution in [3.63, 3.8) is 0 Å². The van der Waals surface area contributed by atoms with E-state index in [0.717, 1.165) is 52.2 Å². The summed E-state index contributed by atoms with van der Waals surface area (Å²) in [6.07, 6.45) is 7.96. The Morgan fingerprint density at radius 2 is 2.06 bits per heavy atom. The number of thiophene rings is 1. The van der Waals surface area contributed by atoms with Crippen LogP contribution in [-0.4, -0.2) is 57.3 Å². The molecular formula is C24H26N6O2S.